The second-order valence-corrected chi connectivity index (χ2v) is 7.85. The lowest BCUT2D eigenvalue weighted by molar-refractivity contribution is -0.135. The number of hydrogen-bond donors (Lipinski definition) is 2. The number of carbonyl (C=O) groups is 1. The van der Waals surface area contributed by atoms with Gasteiger partial charge in [0, 0.05) is 39.0 Å². The first-order valence-electron chi connectivity index (χ1n) is 9.87. The molecule has 2 aliphatic carbocycles. The van der Waals surface area contributed by atoms with Crippen LogP contribution in [-0.2, 0) is 17.6 Å². The zero-order valence-electron chi connectivity index (χ0n) is 15.6. The molecule has 0 unspecified atom stereocenters. The molecule has 1 aromatic carbocycles. The number of nitrogens with one attached hydrogen (secondary N) is 2. The second kappa shape index (κ2) is 7.01. The van der Waals surface area contributed by atoms with Crippen molar-refractivity contribution in [2.24, 2.45) is 0 Å². The summed E-state index contributed by atoms with van der Waals surface area (Å²) in [5.41, 5.74) is 1.95. The van der Waals surface area contributed by atoms with Crippen molar-refractivity contribution < 1.29 is 4.79 Å². The molecule has 1 aliphatic heterocycles. The highest BCUT2D eigenvalue weighted by atomic mass is 16.2. The molecule has 26 heavy (non-hydrogen) atoms. The molecule has 0 radical (unpaired) electrons. The van der Waals surface area contributed by atoms with Gasteiger partial charge in [-0.05, 0) is 24.0 Å². The van der Waals surface area contributed by atoms with Crippen LogP contribution in [0.3, 0.4) is 0 Å². The third-order valence-electron chi connectivity index (χ3n) is 6.37. The van der Waals surface area contributed by atoms with E-state index in [-0.39, 0.29) is 11.4 Å². The number of benzene rings is 1. The molecule has 4 rings (SSSR count). The molecule has 2 N–H and O–H groups in total. The number of allylic oxidation sites excluding steroid dienone is 2. The molecule has 138 valence electrons. The number of rotatable bonds is 4. The van der Waals surface area contributed by atoms with E-state index >= 15 is 0 Å². The summed E-state index contributed by atoms with van der Waals surface area (Å²) in [4.78, 5) is 16.2. The fraction of sp³-hybridized carbons (Fsp3) is 0.500. The summed E-state index contributed by atoms with van der Waals surface area (Å²) in [5.74, 6) is 0.192. The molecule has 0 bridgehead atoms. The molecular weight excluding hydrogens is 322 g/mol. The third-order valence-corrected chi connectivity index (χ3v) is 6.37. The van der Waals surface area contributed by atoms with Crippen molar-refractivity contribution in [1.29, 1.82) is 0 Å². The predicted molar refractivity (Wildman–Crippen MR) is 105 cm³/mol. The normalized spacial score (nSPS) is 27.3. The molecule has 3 aliphatic rings. The second-order valence-electron chi connectivity index (χ2n) is 7.85. The van der Waals surface area contributed by atoms with Crippen LogP contribution in [-0.4, -0.2) is 48.1 Å². The van der Waals surface area contributed by atoms with E-state index in [1.54, 1.807) is 0 Å². The van der Waals surface area contributed by atoms with Crippen molar-refractivity contribution in [3.8, 4) is 0 Å². The number of carbonyl (C=O) groups excluding carboxylic acids is 1. The number of nitrogens with zero attached hydrogens (tertiary/aromatic N) is 1. The first-order chi connectivity index (χ1) is 12.7. The first-order valence-corrected chi connectivity index (χ1v) is 9.87. The lowest BCUT2D eigenvalue weighted by atomic mass is 9.85. The van der Waals surface area contributed by atoms with Gasteiger partial charge in [-0.1, -0.05) is 55.5 Å². The number of fused-ring (bicyclic) bond motifs is 1. The van der Waals surface area contributed by atoms with Gasteiger partial charge in [-0.25, -0.2) is 0 Å². The van der Waals surface area contributed by atoms with Crippen LogP contribution in [0.25, 0.3) is 0 Å². The van der Waals surface area contributed by atoms with E-state index in [0.717, 1.165) is 51.9 Å². The van der Waals surface area contributed by atoms with Crippen LogP contribution in [0.1, 0.15) is 30.9 Å². The standard InChI is InChI=1S/C22H29N3O/c1-2-21(10-6-3-7-11-21)24-20(26)22(25-14-12-23-13-15-25)16-18-8-4-5-9-19(18)17-22/h3-10,23H,2,11-17H2,1H3,(H,24,26)/t21-/m0/s1. The highest BCUT2D eigenvalue weighted by Gasteiger charge is 2.49. The van der Waals surface area contributed by atoms with Gasteiger partial charge in [0.2, 0.25) is 5.91 Å². The predicted octanol–water partition coefficient (Wildman–Crippen LogP) is 2.21. The maximum atomic E-state index is 13.7. The van der Waals surface area contributed by atoms with Crippen molar-refractivity contribution in [1.82, 2.24) is 15.5 Å². The van der Waals surface area contributed by atoms with E-state index in [9.17, 15) is 4.79 Å². The molecule has 1 amide bonds. The molecule has 1 heterocycles. The van der Waals surface area contributed by atoms with Gasteiger partial charge in [0.15, 0.2) is 0 Å². The van der Waals surface area contributed by atoms with Crippen LogP contribution in [0.15, 0.2) is 48.6 Å². The molecule has 0 aromatic heterocycles. The van der Waals surface area contributed by atoms with E-state index in [2.05, 4.69) is 71.0 Å². The fourth-order valence-electron chi connectivity index (χ4n) is 4.67. The molecule has 4 nitrogen and oxygen atoms in total. The Kier molecular flexibility index (Phi) is 4.72. The summed E-state index contributed by atoms with van der Waals surface area (Å²) in [7, 11) is 0. The lowest BCUT2D eigenvalue weighted by Gasteiger charge is -2.44. The van der Waals surface area contributed by atoms with Crippen LogP contribution in [0.5, 0.6) is 0 Å². The van der Waals surface area contributed by atoms with Gasteiger partial charge in [0.1, 0.15) is 5.54 Å². The number of piperazine rings is 1. The van der Waals surface area contributed by atoms with Gasteiger partial charge in [-0.3, -0.25) is 9.69 Å². The Bertz CT molecular complexity index is 708. The topological polar surface area (TPSA) is 44.4 Å². The Morgan fingerprint density at radius 1 is 1.15 bits per heavy atom. The minimum Gasteiger partial charge on any atom is -0.345 e. The molecule has 1 atom stereocenters. The Morgan fingerprint density at radius 2 is 1.85 bits per heavy atom. The molecule has 4 heteroatoms. The molecule has 1 fully saturated rings. The maximum Gasteiger partial charge on any atom is 0.241 e. The maximum absolute atomic E-state index is 13.7. The van der Waals surface area contributed by atoms with E-state index in [0.29, 0.717) is 0 Å². The Morgan fingerprint density at radius 3 is 2.42 bits per heavy atom. The number of hydrogen-bond acceptors (Lipinski definition) is 3. The zero-order valence-corrected chi connectivity index (χ0v) is 15.6. The smallest absolute Gasteiger partial charge is 0.241 e. The van der Waals surface area contributed by atoms with E-state index in [1.807, 2.05) is 0 Å². The Hall–Kier alpha value is -1.91. The van der Waals surface area contributed by atoms with E-state index in [1.165, 1.54) is 11.1 Å². The van der Waals surface area contributed by atoms with Crippen molar-refractivity contribution in [2.45, 2.75) is 43.7 Å². The summed E-state index contributed by atoms with van der Waals surface area (Å²) in [5, 5.41) is 6.88. The highest BCUT2D eigenvalue weighted by Crippen LogP contribution is 2.36. The van der Waals surface area contributed by atoms with Crippen molar-refractivity contribution in [3.63, 3.8) is 0 Å². The van der Waals surface area contributed by atoms with Crippen molar-refractivity contribution in [2.75, 3.05) is 26.2 Å². The third kappa shape index (κ3) is 3.01. The fourth-order valence-corrected chi connectivity index (χ4v) is 4.67. The summed E-state index contributed by atoms with van der Waals surface area (Å²) < 4.78 is 0. The van der Waals surface area contributed by atoms with Gasteiger partial charge in [0.25, 0.3) is 0 Å². The number of amides is 1. The van der Waals surface area contributed by atoms with Crippen LogP contribution < -0.4 is 10.6 Å². The van der Waals surface area contributed by atoms with Crippen LogP contribution in [0.4, 0.5) is 0 Å². The Labute approximate surface area is 156 Å². The van der Waals surface area contributed by atoms with Crippen molar-refractivity contribution in [3.05, 3.63) is 59.7 Å². The van der Waals surface area contributed by atoms with Crippen LogP contribution in [0, 0.1) is 0 Å². The molecule has 0 spiro atoms. The minimum absolute atomic E-state index is 0.192. The SMILES string of the molecule is CC[C@]1(NC(=O)C2(N3CCNCC3)Cc3ccccc3C2)C=CC=CC1. The summed E-state index contributed by atoms with van der Waals surface area (Å²) >= 11 is 0. The van der Waals surface area contributed by atoms with E-state index < -0.39 is 5.54 Å². The van der Waals surface area contributed by atoms with Gasteiger partial charge in [-0.15, -0.1) is 0 Å². The Balaban J connectivity index is 1.64. The largest absolute Gasteiger partial charge is 0.345 e. The highest BCUT2D eigenvalue weighted by molar-refractivity contribution is 5.89. The van der Waals surface area contributed by atoms with E-state index in [4.69, 9.17) is 0 Å². The lowest BCUT2D eigenvalue weighted by Crippen LogP contribution is -2.66. The minimum atomic E-state index is -0.455. The average Bonchev–Trinajstić information content (AvgIpc) is 3.10. The quantitative estimate of drug-likeness (QED) is 0.874. The molecular formula is C22H29N3O. The van der Waals surface area contributed by atoms with Gasteiger partial charge in [0.05, 0.1) is 5.54 Å². The average molecular weight is 351 g/mol. The first kappa shape index (κ1) is 17.5. The zero-order chi connectivity index (χ0) is 18.0. The summed E-state index contributed by atoms with van der Waals surface area (Å²) in [6.45, 7) is 5.91. The van der Waals surface area contributed by atoms with Gasteiger partial charge in [-0.2, -0.15) is 0 Å². The van der Waals surface area contributed by atoms with Crippen LogP contribution >= 0.6 is 0 Å². The summed E-state index contributed by atoms with van der Waals surface area (Å²) in [6, 6.07) is 8.55. The van der Waals surface area contributed by atoms with Crippen molar-refractivity contribution >= 4 is 5.91 Å². The van der Waals surface area contributed by atoms with Gasteiger partial charge >= 0.3 is 0 Å². The molecule has 0 saturated carbocycles. The molecule has 1 saturated heterocycles. The monoisotopic (exact) mass is 351 g/mol. The van der Waals surface area contributed by atoms with Gasteiger partial charge < -0.3 is 10.6 Å². The van der Waals surface area contributed by atoms with Crippen LogP contribution in [0.2, 0.25) is 0 Å². The molecule has 1 aromatic rings. The summed E-state index contributed by atoms with van der Waals surface area (Å²) in [6.07, 6.45) is 11.9.